The zero-order chi connectivity index (χ0) is 21.1. The first-order chi connectivity index (χ1) is 13.9. The third-order valence-corrected chi connectivity index (χ3v) is 4.45. The van der Waals surface area contributed by atoms with Crippen molar-refractivity contribution in [3.63, 3.8) is 0 Å². The average molecular weight is 399 g/mol. The molecule has 0 saturated carbocycles. The number of hydrogen-bond acceptors (Lipinski definition) is 4. The van der Waals surface area contributed by atoms with E-state index in [0.717, 1.165) is 43.0 Å². The average Bonchev–Trinajstić information content (AvgIpc) is 2.69. The molecule has 0 spiro atoms. The van der Waals surface area contributed by atoms with Crippen LogP contribution in [0.5, 0.6) is 11.5 Å². The molecule has 5 nitrogen and oxygen atoms in total. The lowest BCUT2D eigenvalue weighted by Crippen LogP contribution is -2.25. The van der Waals surface area contributed by atoms with Gasteiger partial charge in [-0.15, -0.1) is 0 Å². The highest BCUT2D eigenvalue weighted by molar-refractivity contribution is 5.70. The molecule has 0 atom stereocenters. The SMILES string of the molecule is CN(C)CCCOc1ccc(/C=C/c2cc[n+](C)cc2)cc1OCCCN(C)C. The lowest BCUT2D eigenvalue weighted by Gasteiger charge is -2.15. The summed E-state index contributed by atoms with van der Waals surface area (Å²) in [6.07, 6.45) is 10.3. The van der Waals surface area contributed by atoms with E-state index >= 15 is 0 Å². The van der Waals surface area contributed by atoms with Crippen LogP contribution >= 0.6 is 0 Å². The third kappa shape index (κ3) is 9.11. The number of aromatic nitrogens is 1. The second kappa shape index (κ2) is 12.2. The maximum absolute atomic E-state index is 6.07. The van der Waals surface area contributed by atoms with Crippen LogP contribution in [0.2, 0.25) is 0 Å². The van der Waals surface area contributed by atoms with Gasteiger partial charge in [-0.2, -0.15) is 0 Å². The Kier molecular flexibility index (Phi) is 9.68. The molecular weight excluding hydrogens is 362 g/mol. The van der Waals surface area contributed by atoms with Gasteiger partial charge in [0.05, 0.1) is 13.2 Å². The molecule has 0 fully saturated rings. The Morgan fingerprint density at radius 3 is 1.90 bits per heavy atom. The Morgan fingerprint density at radius 2 is 1.31 bits per heavy atom. The molecule has 0 aliphatic rings. The van der Waals surface area contributed by atoms with E-state index in [2.05, 4.69) is 74.4 Å². The van der Waals surface area contributed by atoms with E-state index in [9.17, 15) is 0 Å². The Bertz CT molecular complexity index is 755. The Hall–Kier alpha value is -2.37. The maximum Gasteiger partial charge on any atom is 0.169 e. The van der Waals surface area contributed by atoms with Gasteiger partial charge in [-0.25, -0.2) is 4.57 Å². The molecular formula is C24H36N3O2+. The highest BCUT2D eigenvalue weighted by Gasteiger charge is 2.07. The lowest BCUT2D eigenvalue weighted by molar-refractivity contribution is -0.671. The van der Waals surface area contributed by atoms with E-state index in [0.29, 0.717) is 13.2 Å². The monoisotopic (exact) mass is 398 g/mol. The van der Waals surface area contributed by atoms with E-state index in [1.54, 1.807) is 0 Å². The summed E-state index contributed by atoms with van der Waals surface area (Å²) < 4.78 is 14.1. The predicted octanol–water partition coefficient (Wildman–Crippen LogP) is 3.34. The number of nitrogens with zero attached hydrogens (tertiary/aromatic N) is 3. The van der Waals surface area contributed by atoms with Crippen LogP contribution in [0.25, 0.3) is 12.2 Å². The van der Waals surface area contributed by atoms with Crippen molar-refractivity contribution in [3.8, 4) is 11.5 Å². The standard InChI is InChI=1S/C24H36N3O2/c1-25(2)14-6-18-28-23-11-10-22(9-8-21-12-16-27(5)17-13-21)20-24(23)29-19-7-15-26(3)4/h8-13,16-17,20H,6-7,14-15,18-19H2,1-5H3/q+1/b9-8+. The molecule has 0 saturated heterocycles. The first-order valence-corrected chi connectivity index (χ1v) is 10.3. The fraction of sp³-hybridized carbons (Fsp3) is 0.458. The summed E-state index contributed by atoms with van der Waals surface area (Å²) in [6, 6.07) is 10.3. The van der Waals surface area contributed by atoms with Gasteiger partial charge in [0.1, 0.15) is 7.05 Å². The smallest absolute Gasteiger partial charge is 0.169 e. The summed E-state index contributed by atoms with van der Waals surface area (Å²) in [5.41, 5.74) is 2.27. The second-order valence-electron chi connectivity index (χ2n) is 7.85. The van der Waals surface area contributed by atoms with Gasteiger partial charge in [-0.1, -0.05) is 18.2 Å². The molecule has 0 N–H and O–H groups in total. The van der Waals surface area contributed by atoms with Crippen molar-refractivity contribution in [2.75, 3.05) is 54.5 Å². The van der Waals surface area contributed by atoms with Crippen LogP contribution in [0, 0.1) is 0 Å². The minimum absolute atomic E-state index is 0.675. The van der Waals surface area contributed by atoms with Crippen molar-refractivity contribution in [2.24, 2.45) is 7.05 Å². The van der Waals surface area contributed by atoms with Gasteiger partial charge in [-0.05, 0) is 64.3 Å². The van der Waals surface area contributed by atoms with Crippen molar-refractivity contribution in [3.05, 3.63) is 53.9 Å². The number of rotatable bonds is 12. The lowest BCUT2D eigenvalue weighted by atomic mass is 10.1. The normalized spacial score (nSPS) is 11.6. The van der Waals surface area contributed by atoms with E-state index in [1.807, 2.05) is 30.1 Å². The molecule has 0 amide bonds. The van der Waals surface area contributed by atoms with Crippen LogP contribution in [0.15, 0.2) is 42.7 Å². The molecule has 2 aromatic rings. The molecule has 5 heteroatoms. The molecule has 1 heterocycles. The van der Waals surface area contributed by atoms with Crippen LogP contribution in [-0.2, 0) is 7.05 Å². The van der Waals surface area contributed by atoms with Crippen molar-refractivity contribution in [1.29, 1.82) is 0 Å². The largest absolute Gasteiger partial charge is 0.490 e. The number of hydrogen-bond donors (Lipinski definition) is 0. The fourth-order valence-electron chi connectivity index (χ4n) is 2.80. The van der Waals surface area contributed by atoms with Gasteiger partial charge in [-0.3, -0.25) is 0 Å². The predicted molar refractivity (Wildman–Crippen MR) is 120 cm³/mol. The number of aryl methyl sites for hydroxylation is 1. The molecule has 2 rings (SSSR count). The first kappa shape index (κ1) is 22.9. The topological polar surface area (TPSA) is 28.8 Å². The molecule has 158 valence electrons. The quantitative estimate of drug-likeness (QED) is 0.405. The Labute approximate surface area is 176 Å². The summed E-state index contributed by atoms with van der Waals surface area (Å²) in [7, 11) is 10.3. The van der Waals surface area contributed by atoms with E-state index in [-0.39, 0.29) is 0 Å². The van der Waals surface area contributed by atoms with Gasteiger partial charge in [0.25, 0.3) is 0 Å². The van der Waals surface area contributed by atoms with E-state index in [1.165, 1.54) is 5.56 Å². The summed E-state index contributed by atoms with van der Waals surface area (Å²) in [5, 5.41) is 0. The fourth-order valence-corrected chi connectivity index (χ4v) is 2.80. The molecule has 0 aliphatic carbocycles. The number of ether oxygens (including phenoxy) is 2. The molecule has 1 aromatic carbocycles. The first-order valence-electron chi connectivity index (χ1n) is 10.3. The maximum atomic E-state index is 6.07. The summed E-state index contributed by atoms with van der Waals surface area (Å²) in [6.45, 7) is 3.37. The van der Waals surface area contributed by atoms with E-state index < -0.39 is 0 Å². The van der Waals surface area contributed by atoms with Crippen molar-refractivity contribution in [2.45, 2.75) is 12.8 Å². The highest BCUT2D eigenvalue weighted by Crippen LogP contribution is 2.29. The second-order valence-corrected chi connectivity index (χ2v) is 7.85. The summed E-state index contributed by atoms with van der Waals surface area (Å²) in [5.74, 6) is 1.63. The van der Waals surface area contributed by atoms with Crippen molar-refractivity contribution in [1.82, 2.24) is 9.80 Å². The van der Waals surface area contributed by atoms with Crippen LogP contribution in [-0.4, -0.2) is 64.3 Å². The van der Waals surface area contributed by atoms with Gasteiger partial charge >= 0.3 is 0 Å². The molecule has 0 bridgehead atoms. The molecule has 0 unspecified atom stereocenters. The minimum atomic E-state index is 0.675. The molecule has 29 heavy (non-hydrogen) atoms. The Balaban J connectivity index is 2.05. The third-order valence-electron chi connectivity index (χ3n) is 4.45. The molecule has 1 aromatic heterocycles. The van der Waals surface area contributed by atoms with Crippen LogP contribution in [0.4, 0.5) is 0 Å². The zero-order valence-corrected chi connectivity index (χ0v) is 18.6. The zero-order valence-electron chi connectivity index (χ0n) is 18.6. The van der Waals surface area contributed by atoms with Crippen LogP contribution in [0.1, 0.15) is 24.0 Å². The molecule has 0 aliphatic heterocycles. The number of pyridine rings is 1. The highest BCUT2D eigenvalue weighted by atomic mass is 16.5. The summed E-state index contributed by atoms with van der Waals surface area (Å²) >= 11 is 0. The van der Waals surface area contributed by atoms with Gasteiger partial charge < -0.3 is 19.3 Å². The van der Waals surface area contributed by atoms with Gasteiger partial charge in [0.2, 0.25) is 0 Å². The van der Waals surface area contributed by atoms with Crippen molar-refractivity contribution >= 4 is 12.2 Å². The molecule has 0 radical (unpaired) electrons. The van der Waals surface area contributed by atoms with Gasteiger partial charge in [0, 0.05) is 25.2 Å². The van der Waals surface area contributed by atoms with E-state index in [4.69, 9.17) is 9.47 Å². The van der Waals surface area contributed by atoms with Gasteiger partial charge in [0.15, 0.2) is 23.9 Å². The number of benzene rings is 1. The minimum Gasteiger partial charge on any atom is -0.490 e. The van der Waals surface area contributed by atoms with Crippen LogP contribution < -0.4 is 14.0 Å². The summed E-state index contributed by atoms with van der Waals surface area (Å²) in [4.78, 5) is 4.33. The van der Waals surface area contributed by atoms with Crippen molar-refractivity contribution < 1.29 is 14.0 Å². The van der Waals surface area contributed by atoms with Crippen LogP contribution in [0.3, 0.4) is 0 Å². The Morgan fingerprint density at radius 1 is 0.759 bits per heavy atom.